The normalized spacial score (nSPS) is 11.5. The van der Waals surface area contributed by atoms with Crippen molar-refractivity contribution in [3.05, 3.63) is 107 Å². The summed E-state index contributed by atoms with van der Waals surface area (Å²) in [7, 11) is 0. The number of benzene rings is 3. The Hall–Kier alpha value is -4.37. The fourth-order valence-electron chi connectivity index (χ4n) is 4.05. The van der Waals surface area contributed by atoms with Crippen LogP contribution in [0, 0.1) is 18.3 Å². The van der Waals surface area contributed by atoms with E-state index in [2.05, 4.69) is 11.1 Å². The first-order valence-electron chi connectivity index (χ1n) is 12.0. The number of hydrogen-bond donors (Lipinski definition) is 0. The Morgan fingerprint density at radius 2 is 1.75 bits per heavy atom. The third-order valence-electron chi connectivity index (χ3n) is 5.91. The lowest BCUT2D eigenvalue weighted by Crippen LogP contribution is -2.19. The zero-order valence-corrected chi connectivity index (χ0v) is 20.4. The summed E-state index contributed by atoms with van der Waals surface area (Å²) in [6, 6.07) is 26.8. The highest BCUT2D eigenvalue weighted by Gasteiger charge is 2.25. The van der Waals surface area contributed by atoms with Gasteiger partial charge in [0.25, 0.3) is 0 Å². The van der Waals surface area contributed by atoms with E-state index in [0.717, 1.165) is 28.3 Å². The molecular formula is C30H28N2O4. The number of carbonyl (C=O) groups excluding carboxylic acids is 1. The van der Waals surface area contributed by atoms with Gasteiger partial charge in [0.1, 0.15) is 11.5 Å². The molecule has 1 heterocycles. The minimum Gasteiger partial charge on any atom is -0.493 e. The number of hydrogen-bond acceptors (Lipinski definition) is 6. The quantitative estimate of drug-likeness (QED) is 0.258. The van der Waals surface area contributed by atoms with E-state index in [-0.39, 0.29) is 12.6 Å². The van der Waals surface area contributed by atoms with E-state index < -0.39 is 5.92 Å². The van der Waals surface area contributed by atoms with E-state index in [0.29, 0.717) is 36.5 Å². The van der Waals surface area contributed by atoms with Crippen LogP contribution in [-0.4, -0.2) is 24.2 Å². The summed E-state index contributed by atoms with van der Waals surface area (Å²) < 4.78 is 17.1. The smallest absolute Gasteiger partial charge is 0.313 e. The molecule has 0 saturated carbocycles. The number of carbonyl (C=O) groups is 1. The molecule has 0 aliphatic heterocycles. The topological polar surface area (TPSA) is 85.3 Å². The van der Waals surface area contributed by atoms with Gasteiger partial charge in [-0.3, -0.25) is 4.79 Å². The molecule has 6 nitrogen and oxygen atoms in total. The van der Waals surface area contributed by atoms with Crippen LogP contribution in [0.2, 0.25) is 0 Å². The van der Waals surface area contributed by atoms with Crippen LogP contribution >= 0.6 is 0 Å². The number of nitriles is 1. The van der Waals surface area contributed by atoms with Gasteiger partial charge in [-0.25, -0.2) is 4.98 Å². The van der Waals surface area contributed by atoms with Crippen molar-refractivity contribution in [2.75, 3.05) is 13.2 Å². The summed E-state index contributed by atoms with van der Waals surface area (Å²) in [5.74, 6) is 1.24. The predicted molar refractivity (Wildman–Crippen MR) is 137 cm³/mol. The summed E-state index contributed by atoms with van der Waals surface area (Å²) in [5, 5.41) is 9.49. The van der Waals surface area contributed by atoms with Gasteiger partial charge in [-0.05, 0) is 61.7 Å². The van der Waals surface area contributed by atoms with Crippen LogP contribution in [-0.2, 0) is 22.4 Å². The van der Waals surface area contributed by atoms with Crippen LogP contribution in [0.25, 0.3) is 11.5 Å². The molecule has 3 aromatic carbocycles. The molecule has 1 unspecified atom stereocenters. The second-order valence-corrected chi connectivity index (χ2v) is 8.34. The first kappa shape index (κ1) is 24.7. The van der Waals surface area contributed by atoms with E-state index in [1.807, 2.05) is 73.7 Å². The van der Waals surface area contributed by atoms with Gasteiger partial charge >= 0.3 is 5.97 Å². The van der Waals surface area contributed by atoms with Gasteiger partial charge in [-0.1, -0.05) is 48.5 Å². The molecule has 0 amide bonds. The SMILES string of the molecule is CCOC(=O)C(Cc1ccc(OCCc2nc(-c3ccccc3)oc2C)cc1)c1ccccc1C#N. The van der Waals surface area contributed by atoms with Crippen molar-refractivity contribution in [2.24, 2.45) is 0 Å². The number of aromatic nitrogens is 1. The predicted octanol–water partition coefficient (Wildman–Crippen LogP) is 6.03. The van der Waals surface area contributed by atoms with E-state index in [4.69, 9.17) is 13.9 Å². The number of aryl methyl sites for hydroxylation is 1. The molecular weight excluding hydrogens is 452 g/mol. The van der Waals surface area contributed by atoms with E-state index in [1.54, 1.807) is 19.1 Å². The molecule has 0 radical (unpaired) electrons. The Morgan fingerprint density at radius 3 is 2.47 bits per heavy atom. The minimum absolute atomic E-state index is 0.286. The third kappa shape index (κ3) is 6.00. The second kappa shape index (κ2) is 11.9. The van der Waals surface area contributed by atoms with Crippen LogP contribution in [0.15, 0.2) is 83.3 Å². The molecule has 0 bridgehead atoms. The zero-order chi connectivity index (χ0) is 25.3. The largest absolute Gasteiger partial charge is 0.493 e. The van der Waals surface area contributed by atoms with Gasteiger partial charge in [0.15, 0.2) is 0 Å². The van der Waals surface area contributed by atoms with Crippen molar-refractivity contribution in [3.8, 4) is 23.3 Å². The molecule has 0 saturated heterocycles. The third-order valence-corrected chi connectivity index (χ3v) is 5.91. The molecule has 0 aliphatic carbocycles. The molecule has 36 heavy (non-hydrogen) atoms. The summed E-state index contributed by atoms with van der Waals surface area (Å²) in [6.07, 6.45) is 1.05. The van der Waals surface area contributed by atoms with E-state index in [1.165, 1.54) is 0 Å². The summed E-state index contributed by atoms with van der Waals surface area (Å²) in [4.78, 5) is 17.3. The Morgan fingerprint density at radius 1 is 1.03 bits per heavy atom. The van der Waals surface area contributed by atoms with Crippen molar-refractivity contribution in [1.82, 2.24) is 4.98 Å². The lowest BCUT2D eigenvalue weighted by molar-refractivity contribution is -0.144. The molecule has 0 fully saturated rings. The van der Waals surface area contributed by atoms with Gasteiger partial charge in [0.2, 0.25) is 5.89 Å². The van der Waals surface area contributed by atoms with E-state index in [9.17, 15) is 10.1 Å². The molecule has 0 spiro atoms. The lowest BCUT2D eigenvalue weighted by atomic mass is 9.89. The lowest BCUT2D eigenvalue weighted by Gasteiger charge is -2.17. The van der Waals surface area contributed by atoms with Crippen molar-refractivity contribution < 1.29 is 18.7 Å². The van der Waals surface area contributed by atoms with Crippen molar-refractivity contribution >= 4 is 5.97 Å². The fraction of sp³-hybridized carbons (Fsp3) is 0.233. The summed E-state index contributed by atoms with van der Waals surface area (Å²) >= 11 is 0. The number of nitrogens with zero attached hydrogens (tertiary/aromatic N) is 2. The standard InChI is InChI=1S/C30H28N2O4/c1-3-34-30(33)27(26-12-8-7-11-24(26)20-31)19-22-13-15-25(16-14-22)35-18-17-28-21(2)36-29(32-28)23-9-5-4-6-10-23/h4-16,27H,3,17-19H2,1-2H3. The van der Waals surface area contributed by atoms with Crippen LogP contribution in [0.5, 0.6) is 5.75 Å². The van der Waals surface area contributed by atoms with Gasteiger partial charge in [0, 0.05) is 12.0 Å². The minimum atomic E-state index is -0.554. The van der Waals surface area contributed by atoms with Gasteiger partial charge in [-0.15, -0.1) is 0 Å². The number of rotatable bonds is 10. The van der Waals surface area contributed by atoms with Crippen molar-refractivity contribution in [2.45, 2.75) is 32.6 Å². The van der Waals surface area contributed by atoms with Crippen LogP contribution in [0.4, 0.5) is 0 Å². The summed E-state index contributed by atoms with van der Waals surface area (Å²) in [5.41, 5.74) is 3.93. The average molecular weight is 481 g/mol. The van der Waals surface area contributed by atoms with Crippen LogP contribution in [0.3, 0.4) is 0 Å². The molecule has 4 aromatic rings. The number of ether oxygens (including phenoxy) is 2. The average Bonchev–Trinajstić information content (AvgIpc) is 3.29. The highest BCUT2D eigenvalue weighted by molar-refractivity contribution is 5.79. The first-order valence-corrected chi connectivity index (χ1v) is 12.0. The molecule has 1 aromatic heterocycles. The maximum absolute atomic E-state index is 12.7. The number of esters is 1. The monoisotopic (exact) mass is 480 g/mol. The highest BCUT2D eigenvalue weighted by atomic mass is 16.5. The fourth-order valence-corrected chi connectivity index (χ4v) is 4.05. The second-order valence-electron chi connectivity index (χ2n) is 8.34. The Kier molecular flexibility index (Phi) is 8.15. The Balaban J connectivity index is 1.39. The first-order chi connectivity index (χ1) is 17.6. The maximum atomic E-state index is 12.7. The Labute approximate surface area is 211 Å². The van der Waals surface area contributed by atoms with Gasteiger partial charge in [-0.2, -0.15) is 5.26 Å². The maximum Gasteiger partial charge on any atom is 0.313 e. The molecule has 1 atom stereocenters. The molecule has 0 N–H and O–H groups in total. The van der Waals surface area contributed by atoms with Gasteiger partial charge in [0.05, 0.1) is 36.5 Å². The zero-order valence-electron chi connectivity index (χ0n) is 20.4. The molecule has 182 valence electrons. The van der Waals surface area contributed by atoms with Crippen molar-refractivity contribution in [1.29, 1.82) is 5.26 Å². The van der Waals surface area contributed by atoms with Crippen LogP contribution < -0.4 is 4.74 Å². The Bertz CT molecular complexity index is 1340. The van der Waals surface area contributed by atoms with E-state index >= 15 is 0 Å². The van der Waals surface area contributed by atoms with Gasteiger partial charge < -0.3 is 13.9 Å². The number of oxazole rings is 1. The summed E-state index contributed by atoms with van der Waals surface area (Å²) in [6.45, 7) is 4.44. The van der Waals surface area contributed by atoms with Crippen LogP contribution in [0.1, 0.15) is 41.0 Å². The molecule has 6 heteroatoms. The highest BCUT2D eigenvalue weighted by Crippen LogP contribution is 2.27. The molecule has 0 aliphatic rings. The molecule has 4 rings (SSSR count). The van der Waals surface area contributed by atoms with Crippen molar-refractivity contribution in [3.63, 3.8) is 0 Å².